The van der Waals surface area contributed by atoms with Crippen molar-refractivity contribution >= 4 is 39.9 Å². The van der Waals surface area contributed by atoms with E-state index in [1.165, 1.54) is 24.4 Å². The van der Waals surface area contributed by atoms with E-state index in [9.17, 15) is 32.7 Å². The SMILES string of the molecule is N#Cc1cc(Nc2ccc3c(c2)OC(F)(F)C(F)(F)O3)cc(Nc2ccc3ccn(C(=O)O)c3c2)n1. The van der Waals surface area contributed by atoms with Gasteiger partial charge >= 0.3 is 18.3 Å². The molecule has 4 aromatic rings. The smallest absolute Gasteiger partial charge is 0.464 e. The molecule has 0 saturated heterocycles. The molecule has 0 spiro atoms. The molecule has 0 atom stereocenters. The van der Waals surface area contributed by atoms with Crippen LogP contribution in [-0.4, -0.2) is 33.0 Å². The molecule has 9 nitrogen and oxygen atoms in total. The van der Waals surface area contributed by atoms with Crippen LogP contribution in [0.25, 0.3) is 10.9 Å². The van der Waals surface area contributed by atoms with Gasteiger partial charge in [0.05, 0.1) is 5.52 Å². The molecule has 36 heavy (non-hydrogen) atoms. The van der Waals surface area contributed by atoms with Gasteiger partial charge in [0, 0.05) is 40.8 Å². The first kappa shape index (κ1) is 22.8. The van der Waals surface area contributed by atoms with Crippen molar-refractivity contribution in [2.45, 2.75) is 12.2 Å². The lowest BCUT2D eigenvalue weighted by molar-refractivity contribution is -0.391. The molecule has 13 heteroatoms. The number of fused-ring (bicyclic) bond motifs is 2. The molecule has 0 unspecified atom stereocenters. The Kier molecular flexibility index (Phi) is 5.10. The summed E-state index contributed by atoms with van der Waals surface area (Å²) in [6.45, 7) is 0. The predicted molar refractivity (Wildman–Crippen MR) is 118 cm³/mol. The number of hydrogen-bond acceptors (Lipinski definition) is 7. The molecular formula is C23H13F4N5O4. The number of nitrogens with zero attached hydrogens (tertiary/aromatic N) is 3. The van der Waals surface area contributed by atoms with Gasteiger partial charge in [-0.3, -0.25) is 4.57 Å². The van der Waals surface area contributed by atoms with Crippen molar-refractivity contribution in [3.05, 3.63) is 66.5 Å². The lowest BCUT2D eigenvalue weighted by atomic mass is 10.2. The van der Waals surface area contributed by atoms with Crippen molar-refractivity contribution in [3.63, 3.8) is 0 Å². The van der Waals surface area contributed by atoms with E-state index < -0.39 is 29.8 Å². The second kappa shape index (κ2) is 8.05. The number of pyridine rings is 1. The summed E-state index contributed by atoms with van der Waals surface area (Å²) in [5.41, 5.74) is 1.41. The molecule has 182 valence electrons. The van der Waals surface area contributed by atoms with E-state index in [2.05, 4.69) is 25.1 Å². The van der Waals surface area contributed by atoms with E-state index in [1.807, 2.05) is 6.07 Å². The van der Waals surface area contributed by atoms with Crippen molar-refractivity contribution < 1.29 is 36.9 Å². The molecule has 0 saturated carbocycles. The number of nitrogens with one attached hydrogen (secondary N) is 2. The van der Waals surface area contributed by atoms with Crippen molar-refractivity contribution in [3.8, 4) is 17.6 Å². The zero-order chi connectivity index (χ0) is 25.7. The third kappa shape index (κ3) is 4.05. The maximum Gasteiger partial charge on any atom is 0.507 e. The number of anilines is 4. The number of ether oxygens (including phenoxy) is 2. The van der Waals surface area contributed by atoms with Gasteiger partial charge in [0.15, 0.2) is 11.5 Å². The van der Waals surface area contributed by atoms with E-state index >= 15 is 0 Å². The Labute approximate surface area is 199 Å². The number of carboxylic acid groups (broad SMARTS) is 1. The van der Waals surface area contributed by atoms with Crippen LogP contribution in [0.5, 0.6) is 11.5 Å². The summed E-state index contributed by atoms with van der Waals surface area (Å²) in [4.78, 5) is 15.6. The Morgan fingerprint density at radius 2 is 1.61 bits per heavy atom. The van der Waals surface area contributed by atoms with Crippen LogP contribution in [0.15, 0.2) is 60.8 Å². The van der Waals surface area contributed by atoms with Gasteiger partial charge in [0.2, 0.25) is 0 Å². The zero-order valence-corrected chi connectivity index (χ0v) is 17.8. The highest BCUT2D eigenvalue weighted by Gasteiger charge is 2.65. The normalized spacial score (nSPS) is 15.2. The summed E-state index contributed by atoms with van der Waals surface area (Å²) in [6.07, 6.45) is -9.42. The first-order chi connectivity index (χ1) is 17.0. The predicted octanol–water partition coefficient (Wildman–Crippen LogP) is 5.88. The minimum absolute atomic E-state index is 0.00112. The van der Waals surface area contributed by atoms with Crippen molar-refractivity contribution in [2.75, 3.05) is 10.6 Å². The lowest BCUT2D eigenvalue weighted by Gasteiger charge is -2.32. The molecule has 1 aliphatic rings. The molecule has 3 N–H and O–H groups in total. The Morgan fingerprint density at radius 1 is 0.917 bits per heavy atom. The summed E-state index contributed by atoms with van der Waals surface area (Å²) in [7, 11) is 0. The van der Waals surface area contributed by atoms with Crippen LogP contribution in [0.1, 0.15) is 5.69 Å². The average molecular weight is 499 g/mol. The zero-order valence-electron chi connectivity index (χ0n) is 17.8. The summed E-state index contributed by atoms with van der Waals surface area (Å²) in [5.74, 6) is -0.945. The Hall–Kier alpha value is -4.99. The van der Waals surface area contributed by atoms with E-state index in [0.29, 0.717) is 22.3 Å². The van der Waals surface area contributed by atoms with Crippen LogP contribution in [0.2, 0.25) is 0 Å². The number of alkyl halides is 4. The maximum atomic E-state index is 13.5. The Morgan fingerprint density at radius 3 is 2.33 bits per heavy atom. The monoisotopic (exact) mass is 499 g/mol. The second-order valence-electron chi connectivity index (χ2n) is 7.63. The van der Waals surface area contributed by atoms with Crippen molar-refractivity contribution in [1.29, 1.82) is 5.26 Å². The van der Waals surface area contributed by atoms with Crippen LogP contribution in [0, 0.1) is 11.3 Å². The van der Waals surface area contributed by atoms with Gasteiger partial charge in [0.25, 0.3) is 0 Å². The Bertz CT molecular complexity index is 1560. The van der Waals surface area contributed by atoms with E-state index in [0.717, 1.165) is 16.7 Å². The molecule has 0 fully saturated rings. The highest BCUT2D eigenvalue weighted by molar-refractivity contribution is 5.91. The number of carbonyl (C=O) groups is 1. The van der Waals surface area contributed by atoms with E-state index in [4.69, 9.17) is 0 Å². The highest BCUT2D eigenvalue weighted by atomic mass is 19.3. The number of nitriles is 1. The van der Waals surface area contributed by atoms with Crippen LogP contribution < -0.4 is 20.1 Å². The molecule has 5 rings (SSSR count). The summed E-state index contributed by atoms with van der Waals surface area (Å²) < 4.78 is 63.0. The first-order valence-electron chi connectivity index (χ1n) is 10.1. The molecule has 0 amide bonds. The topological polar surface area (TPSA) is 121 Å². The van der Waals surface area contributed by atoms with Crippen molar-refractivity contribution in [2.24, 2.45) is 0 Å². The lowest BCUT2D eigenvalue weighted by Crippen LogP contribution is -2.52. The molecular weight excluding hydrogens is 486 g/mol. The van der Waals surface area contributed by atoms with E-state index in [1.54, 1.807) is 24.3 Å². The van der Waals surface area contributed by atoms with Crippen LogP contribution in [-0.2, 0) is 0 Å². The van der Waals surface area contributed by atoms with Gasteiger partial charge in [-0.25, -0.2) is 9.78 Å². The molecule has 0 aliphatic carbocycles. The molecule has 2 aromatic carbocycles. The van der Waals surface area contributed by atoms with Gasteiger partial charge in [-0.1, -0.05) is 6.07 Å². The average Bonchev–Trinajstić information content (AvgIpc) is 3.23. The molecule has 3 heterocycles. The largest absolute Gasteiger partial charge is 0.507 e. The maximum absolute atomic E-state index is 13.5. The van der Waals surface area contributed by atoms with Gasteiger partial charge in [0.1, 0.15) is 17.6 Å². The molecule has 1 aliphatic heterocycles. The number of rotatable bonds is 4. The van der Waals surface area contributed by atoms with Gasteiger partial charge in [-0.05, 0) is 36.4 Å². The highest BCUT2D eigenvalue weighted by Crippen LogP contribution is 2.47. The third-order valence-electron chi connectivity index (χ3n) is 5.16. The second-order valence-corrected chi connectivity index (χ2v) is 7.63. The summed E-state index contributed by atoms with van der Waals surface area (Å²) in [6, 6.07) is 14.8. The number of hydrogen-bond donors (Lipinski definition) is 3. The fourth-order valence-electron chi connectivity index (χ4n) is 3.56. The number of aromatic nitrogens is 2. The fraction of sp³-hybridized carbons (Fsp3) is 0.0870. The summed E-state index contributed by atoms with van der Waals surface area (Å²) >= 11 is 0. The minimum atomic E-state index is -4.86. The fourth-order valence-corrected chi connectivity index (χ4v) is 3.56. The molecule has 2 aromatic heterocycles. The van der Waals surface area contributed by atoms with Crippen LogP contribution >= 0.6 is 0 Å². The standard InChI is InChI=1S/C23H13F4N5O4/c24-22(25)23(26,27)36-19-9-14(3-4-18(19)35-22)29-15-7-16(11-28)31-20(10-15)30-13-2-1-12-5-6-32(21(33)34)17(12)8-13/h1-10H,(H,33,34)(H2,29,30,31). The molecule has 0 bridgehead atoms. The van der Waals surface area contributed by atoms with Gasteiger partial charge < -0.3 is 25.2 Å². The number of halogens is 4. The van der Waals surface area contributed by atoms with Gasteiger partial charge in [-0.15, -0.1) is 0 Å². The quantitative estimate of drug-likeness (QED) is 0.298. The van der Waals surface area contributed by atoms with Crippen molar-refractivity contribution in [1.82, 2.24) is 9.55 Å². The number of benzene rings is 2. The molecule has 0 radical (unpaired) electrons. The Balaban J connectivity index is 1.42. The van der Waals surface area contributed by atoms with Crippen LogP contribution in [0.3, 0.4) is 0 Å². The third-order valence-corrected chi connectivity index (χ3v) is 5.16. The van der Waals surface area contributed by atoms with Gasteiger partial charge in [-0.2, -0.15) is 22.8 Å². The first-order valence-corrected chi connectivity index (χ1v) is 10.1. The minimum Gasteiger partial charge on any atom is -0.464 e. The van der Waals surface area contributed by atoms with Crippen LogP contribution in [0.4, 0.5) is 45.2 Å². The summed E-state index contributed by atoms with van der Waals surface area (Å²) in [5, 5.41) is 25.2. The van der Waals surface area contributed by atoms with E-state index in [-0.39, 0.29) is 17.2 Å².